The molecule has 6 nitrogen and oxygen atoms in total. The largest absolute Gasteiger partial charge is 0.480 e. The Labute approximate surface area is 82.3 Å². The summed E-state index contributed by atoms with van der Waals surface area (Å²) in [5.41, 5.74) is 0. The summed E-state index contributed by atoms with van der Waals surface area (Å²) in [6.45, 7) is 2.57. The van der Waals surface area contributed by atoms with Crippen LogP contribution in [-0.2, 0) is 9.59 Å². The van der Waals surface area contributed by atoms with Crippen LogP contribution in [0.1, 0.15) is 13.3 Å². The van der Waals surface area contributed by atoms with Gasteiger partial charge in [-0.05, 0) is 6.54 Å². The molecule has 0 heterocycles. The predicted molar refractivity (Wildman–Crippen MR) is 49.8 cm³/mol. The van der Waals surface area contributed by atoms with Crippen molar-refractivity contribution in [2.75, 3.05) is 19.7 Å². The number of rotatable bonds is 7. The summed E-state index contributed by atoms with van der Waals surface area (Å²) in [6, 6.07) is -1.20. The quantitative estimate of drug-likeness (QED) is 0.380. The van der Waals surface area contributed by atoms with Crippen LogP contribution in [0.5, 0.6) is 0 Å². The Morgan fingerprint density at radius 2 is 2.07 bits per heavy atom. The molecule has 1 atom stereocenters. The second-order valence-electron chi connectivity index (χ2n) is 2.74. The molecule has 82 valence electrons. The average molecular weight is 204 g/mol. The van der Waals surface area contributed by atoms with Gasteiger partial charge >= 0.3 is 5.97 Å². The van der Waals surface area contributed by atoms with Gasteiger partial charge in [0.2, 0.25) is 5.91 Å². The molecule has 0 aromatic carbocycles. The van der Waals surface area contributed by atoms with E-state index in [4.69, 9.17) is 10.2 Å². The van der Waals surface area contributed by atoms with Crippen LogP contribution < -0.4 is 10.6 Å². The van der Waals surface area contributed by atoms with Crippen LogP contribution in [0.25, 0.3) is 0 Å². The molecule has 0 fully saturated rings. The van der Waals surface area contributed by atoms with E-state index in [1.165, 1.54) is 0 Å². The molecule has 0 aliphatic carbocycles. The minimum absolute atomic E-state index is 0.206. The van der Waals surface area contributed by atoms with Crippen molar-refractivity contribution in [2.45, 2.75) is 19.4 Å². The zero-order valence-electron chi connectivity index (χ0n) is 8.12. The fourth-order valence-electron chi connectivity index (χ4n) is 0.831. The highest BCUT2D eigenvalue weighted by Gasteiger charge is 2.17. The number of carbonyl (C=O) groups is 2. The molecule has 14 heavy (non-hydrogen) atoms. The fourth-order valence-corrected chi connectivity index (χ4v) is 0.831. The van der Waals surface area contributed by atoms with Gasteiger partial charge in [-0.25, -0.2) is 4.79 Å². The first-order valence-electron chi connectivity index (χ1n) is 4.45. The Bertz CT molecular complexity index is 196. The predicted octanol–water partition coefficient (Wildman–Crippen LogP) is -1.45. The molecule has 0 radical (unpaired) electrons. The third-order valence-electron chi connectivity index (χ3n) is 1.59. The van der Waals surface area contributed by atoms with Crippen molar-refractivity contribution in [3.8, 4) is 0 Å². The minimum Gasteiger partial charge on any atom is -0.480 e. The molecule has 0 unspecified atom stereocenters. The van der Waals surface area contributed by atoms with Gasteiger partial charge in [-0.3, -0.25) is 4.79 Å². The molecule has 0 saturated heterocycles. The third kappa shape index (κ3) is 5.50. The maximum Gasteiger partial charge on any atom is 0.328 e. The van der Waals surface area contributed by atoms with Crippen LogP contribution >= 0.6 is 0 Å². The van der Waals surface area contributed by atoms with Crippen molar-refractivity contribution in [3.05, 3.63) is 0 Å². The van der Waals surface area contributed by atoms with Gasteiger partial charge in [-0.2, -0.15) is 0 Å². The Morgan fingerprint density at radius 3 is 2.50 bits per heavy atom. The molecular formula is C8H16N2O4. The van der Waals surface area contributed by atoms with Crippen LogP contribution in [0.3, 0.4) is 0 Å². The molecule has 4 N–H and O–H groups in total. The third-order valence-corrected chi connectivity index (χ3v) is 1.59. The van der Waals surface area contributed by atoms with E-state index in [0.29, 0.717) is 6.54 Å². The minimum atomic E-state index is -1.23. The number of amides is 1. The van der Waals surface area contributed by atoms with Gasteiger partial charge in [-0.1, -0.05) is 6.92 Å². The number of hydrogen-bond acceptors (Lipinski definition) is 4. The lowest BCUT2D eigenvalue weighted by Crippen LogP contribution is -2.44. The van der Waals surface area contributed by atoms with Crippen LogP contribution in [0, 0.1) is 0 Å². The lowest BCUT2D eigenvalue weighted by molar-refractivity contribution is -0.142. The monoisotopic (exact) mass is 204 g/mol. The summed E-state index contributed by atoms with van der Waals surface area (Å²) >= 11 is 0. The van der Waals surface area contributed by atoms with Gasteiger partial charge in [0.1, 0.15) is 6.04 Å². The van der Waals surface area contributed by atoms with Gasteiger partial charge in [-0.15, -0.1) is 0 Å². The highest BCUT2D eigenvalue weighted by molar-refractivity contribution is 5.83. The maximum atomic E-state index is 11.1. The normalized spacial score (nSPS) is 12.1. The lowest BCUT2D eigenvalue weighted by atomic mass is 10.3. The van der Waals surface area contributed by atoms with Gasteiger partial charge in [0.05, 0.1) is 6.61 Å². The molecule has 0 spiro atoms. The number of carboxylic acids is 1. The summed E-state index contributed by atoms with van der Waals surface area (Å²) in [7, 11) is 0. The van der Waals surface area contributed by atoms with Crippen molar-refractivity contribution in [1.82, 2.24) is 10.6 Å². The van der Waals surface area contributed by atoms with Gasteiger partial charge < -0.3 is 20.8 Å². The molecule has 0 bridgehead atoms. The van der Waals surface area contributed by atoms with Crippen molar-refractivity contribution in [1.29, 1.82) is 0 Å². The van der Waals surface area contributed by atoms with Crippen molar-refractivity contribution >= 4 is 11.9 Å². The Hall–Kier alpha value is -1.14. The smallest absolute Gasteiger partial charge is 0.328 e. The fraction of sp³-hybridized carbons (Fsp3) is 0.750. The highest BCUT2D eigenvalue weighted by atomic mass is 16.4. The molecule has 0 rings (SSSR count). The number of nitrogens with one attached hydrogen (secondary N) is 2. The van der Waals surface area contributed by atoms with Crippen molar-refractivity contribution in [3.63, 3.8) is 0 Å². The van der Waals surface area contributed by atoms with E-state index < -0.39 is 18.6 Å². The van der Waals surface area contributed by atoms with E-state index >= 15 is 0 Å². The van der Waals surface area contributed by atoms with Crippen LogP contribution in [0.4, 0.5) is 0 Å². The molecule has 0 aromatic rings. The molecule has 1 amide bonds. The highest BCUT2D eigenvalue weighted by Crippen LogP contribution is 1.85. The number of hydrogen-bond donors (Lipinski definition) is 4. The molecular weight excluding hydrogens is 188 g/mol. The Kier molecular flexibility index (Phi) is 6.69. The van der Waals surface area contributed by atoms with E-state index in [0.717, 1.165) is 6.54 Å². The van der Waals surface area contributed by atoms with E-state index in [1.54, 1.807) is 0 Å². The zero-order chi connectivity index (χ0) is 11.0. The summed E-state index contributed by atoms with van der Waals surface area (Å²) < 4.78 is 0. The number of carboxylic acid groups (broad SMARTS) is 1. The second-order valence-corrected chi connectivity index (χ2v) is 2.74. The van der Waals surface area contributed by atoms with Gasteiger partial charge in [0.15, 0.2) is 0 Å². The van der Waals surface area contributed by atoms with E-state index in [9.17, 15) is 9.59 Å². The molecule has 0 aromatic heterocycles. The summed E-state index contributed by atoms with van der Waals surface area (Å²) in [6.07, 6.45) is 0.206. The molecule has 0 aliphatic rings. The summed E-state index contributed by atoms with van der Waals surface area (Å²) in [4.78, 5) is 21.5. The topological polar surface area (TPSA) is 98.7 Å². The SMILES string of the molecule is CCNCCC(=O)N[C@@H](CO)C(=O)O. The first-order chi connectivity index (χ1) is 6.61. The maximum absolute atomic E-state index is 11.1. The van der Waals surface area contributed by atoms with Crippen molar-refractivity contribution < 1.29 is 19.8 Å². The van der Waals surface area contributed by atoms with Crippen molar-refractivity contribution in [2.24, 2.45) is 0 Å². The standard InChI is InChI=1S/C8H16N2O4/c1-2-9-4-3-7(12)10-6(5-11)8(13)14/h6,9,11H,2-5H2,1H3,(H,10,12)(H,13,14)/t6-/m0/s1. The summed E-state index contributed by atoms with van der Waals surface area (Å²) in [5, 5.41) is 22.2. The van der Waals surface area contributed by atoms with Crippen LogP contribution in [0.15, 0.2) is 0 Å². The molecule has 6 heteroatoms. The van der Waals surface area contributed by atoms with Crippen LogP contribution in [-0.4, -0.2) is 47.8 Å². The Morgan fingerprint density at radius 1 is 1.43 bits per heavy atom. The van der Waals surface area contributed by atoms with E-state index in [1.807, 2.05) is 6.92 Å². The first kappa shape index (κ1) is 12.9. The number of aliphatic hydroxyl groups is 1. The molecule has 0 aliphatic heterocycles. The number of carbonyl (C=O) groups excluding carboxylic acids is 1. The summed E-state index contributed by atoms with van der Waals surface area (Å²) in [5.74, 6) is -1.61. The van der Waals surface area contributed by atoms with E-state index in [2.05, 4.69) is 10.6 Å². The molecule has 0 saturated carbocycles. The van der Waals surface area contributed by atoms with Gasteiger partial charge in [0, 0.05) is 13.0 Å². The second kappa shape index (κ2) is 7.28. The zero-order valence-corrected chi connectivity index (χ0v) is 8.12. The Balaban J connectivity index is 3.74. The number of aliphatic carboxylic acids is 1. The first-order valence-corrected chi connectivity index (χ1v) is 4.45. The van der Waals surface area contributed by atoms with Crippen LogP contribution in [0.2, 0.25) is 0 Å². The number of aliphatic hydroxyl groups excluding tert-OH is 1. The van der Waals surface area contributed by atoms with E-state index in [-0.39, 0.29) is 12.3 Å². The average Bonchev–Trinajstić information content (AvgIpc) is 2.14. The lowest BCUT2D eigenvalue weighted by Gasteiger charge is -2.11. The van der Waals surface area contributed by atoms with Gasteiger partial charge in [0.25, 0.3) is 0 Å².